The van der Waals surface area contributed by atoms with Gasteiger partial charge in [-0.15, -0.1) is 0 Å². The molecule has 1 rings (SSSR count). The van der Waals surface area contributed by atoms with Gasteiger partial charge in [-0.25, -0.2) is 0 Å². The van der Waals surface area contributed by atoms with Crippen LogP contribution in [0.25, 0.3) is 0 Å². The molecule has 144 valence electrons. The zero-order chi connectivity index (χ0) is 19.7. The first-order valence-corrected chi connectivity index (χ1v) is 10.3. The Morgan fingerprint density at radius 2 is 1.88 bits per heavy atom. The van der Waals surface area contributed by atoms with Gasteiger partial charge in [0.05, 0.1) is 0 Å². The lowest BCUT2D eigenvalue weighted by molar-refractivity contribution is -0.135. The molecule has 0 radical (unpaired) electrons. The number of carbonyl (C=O) groups is 2. The summed E-state index contributed by atoms with van der Waals surface area (Å²) >= 11 is 1.66. The predicted octanol–water partition coefficient (Wildman–Crippen LogP) is 3.39. The van der Waals surface area contributed by atoms with E-state index in [1.54, 1.807) is 29.9 Å². The zero-order valence-corrected chi connectivity index (χ0v) is 17.7. The summed E-state index contributed by atoms with van der Waals surface area (Å²) in [5.41, 5.74) is 0.956. The largest absolute Gasteiger partial charge is 0.345 e. The fourth-order valence-electron chi connectivity index (χ4n) is 1.94. The van der Waals surface area contributed by atoms with Crippen molar-refractivity contribution in [3.05, 3.63) is 30.1 Å². The average Bonchev–Trinajstić information content (AvgIpc) is 2.66. The van der Waals surface area contributed by atoms with Crippen molar-refractivity contribution in [3.8, 4) is 0 Å². The minimum Gasteiger partial charge on any atom is -0.345 e. The fourth-order valence-corrected chi connectivity index (χ4v) is 2.41. The highest BCUT2D eigenvalue weighted by atomic mass is 32.2. The molecule has 2 amide bonds. The number of hydrogen-bond donors (Lipinski definition) is 1. The van der Waals surface area contributed by atoms with Gasteiger partial charge in [-0.3, -0.25) is 14.6 Å². The molecule has 1 atom stereocenters. The number of pyridine rings is 1. The fraction of sp³-hybridized carbons (Fsp3) is 0.632. The van der Waals surface area contributed by atoms with Crippen molar-refractivity contribution in [1.82, 2.24) is 15.2 Å². The van der Waals surface area contributed by atoms with Crippen molar-refractivity contribution >= 4 is 23.6 Å². The first-order valence-electron chi connectivity index (χ1n) is 8.95. The van der Waals surface area contributed by atoms with Gasteiger partial charge >= 0.3 is 0 Å². The molecule has 1 unspecified atom stereocenters. The van der Waals surface area contributed by atoms with Gasteiger partial charge in [0, 0.05) is 38.8 Å². The van der Waals surface area contributed by atoms with E-state index in [0.29, 0.717) is 19.4 Å². The van der Waals surface area contributed by atoms with Crippen LogP contribution in [0.3, 0.4) is 0 Å². The zero-order valence-electron chi connectivity index (χ0n) is 16.8. The number of aromatic nitrogens is 1. The molecule has 1 heterocycles. The molecule has 0 aliphatic carbocycles. The van der Waals surface area contributed by atoms with E-state index in [1.807, 2.05) is 52.1 Å². The van der Waals surface area contributed by atoms with Crippen LogP contribution < -0.4 is 5.32 Å². The highest BCUT2D eigenvalue weighted by molar-refractivity contribution is 7.98. The number of rotatable bonds is 8. The third kappa shape index (κ3) is 12.5. The van der Waals surface area contributed by atoms with Gasteiger partial charge in [-0.05, 0) is 30.6 Å². The van der Waals surface area contributed by atoms with Crippen molar-refractivity contribution < 1.29 is 9.59 Å². The third-order valence-corrected chi connectivity index (χ3v) is 3.74. The van der Waals surface area contributed by atoms with Gasteiger partial charge in [0.2, 0.25) is 11.8 Å². The molecule has 0 aliphatic heterocycles. The maximum absolute atomic E-state index is 12.4. The predicted molar refractivity (Wildman–Crippen MR) is 109 cm³/mol. The molecule has 0 bridgehead atoms. The average molecular weight is 370 g/mol. The second-order valence-corrected chi connectivity index (χ2v) is 5.85. The Labute approximate surface area is 158 Å². The third-order valence-electron chi connectivity index (χ3n) is 3.09. The Kier molecular flexibility index (Phi) is 17.7. The van der Waals surface area contributed by atoms with E-state index in [4.69, 9.17) is 0 Å². The summed E-state index contributed by atoms with van der Waals surface area (Å²) in [5.74, 6) is 0.618. The molecule has 0 saturated carbocycles. The van der Waals surface area contributed by atoms with Crippen molar-refractivity contribution in [3.63, 3.8) is 0 Å². The number of nitrogens with one attached hydrogen (secondary N) is 1. The minimum atomic E-state index is -0.441. The summed E-state index contributed by atoms with van der Waals surface area (Å²) in [6.45, 7) is 10.0. The monoisotopic (exact) mass is 369 g/mol. The van der Waals surface area contributed by atoms with Crippen molar-refractivity contribution in [1.29, 1.82) is 0 Å². The van der Waals surface area contributed by atoms with E-state index < -0.39 is 6.04 Å². The molecule has 0 aromatic carbocycles. The number of carbonyl (C=O) groups excluding carboxylic acids is 2. The minimum absolute atomic E-state index is 0.0461. The lowest BCUT2D eigenvalue weighted by Crippen LogP contribution is -2.47. The molecule has 25 heavy (non-hydrogen) atoms. The summed E-state index contributed by atoms with van der Waals surface area (Å²) in [6, 6.07) is 5.30. The molecule has 1 N–H and O–H groups in total. The van der Waals surface area contributed by atoms with Gasteiger partial charge < -0.3 is 10.2 Å². The van der Waals surface area contributed by atoms with Gasteiger partial charge in [0.15, 0.2) is 0 Å². The number of nitrogens with zero attached hydrogens (tertiary/aromatic N) is 2. The maximum Gasteiger partial charge on any atom is 0.244 e. The number of hydrogen-bond acceptors (Lipinski definition) is 4. The summed E-state index contributed by atoms with van der Waals surface area (Å²) in [4.78, 5) is 29.5. The van der Waals surface area contributed by atoms with Crippen LogP contribution in [0.15, 0.2) is 24.4 Å². The maximum atomic E-state index is 12.4. The SMILES string of the molecule is CC.CC.CSCCC(NC(C)=O)C(=O)N(C)CCc1ccccn1. The first kappa shape index (κ1) is 25.7. The van der Waals surface area contributed by atoms with Gasteiger partial charge in [-0.1, -0.05) is 33.8 Å². The van der Waals surface area contributed by atoms with Crippen LogP contribution in [-0.4, -0.2) is 53.3 Å². The summed E-state index contributed by atoms with van der Waals surface area (Å²) in [5, 5.41) is 2.73. The molecule has 0 spiro atoms. The van der Waals surface area contributed by atoms with Crippen LogP contribution in [0.5, 0.6) is 0 Å². The summed E-state index contributed by atoms with van der Waals surface area (Å²) < 4.78 is 0. The number of amides is 2. The van der Waals surface area contributed by atoms with E-state index in [-0.39, 0.29) is 11.8 Å². The van der Waals surface area contributed by atoms with Crippen LogP contribution >= 0.6 is 11.8 Å². The molecule has 0 saturated heterocycles. The highest BCUT2D eigenvalue weighted by Gasteiger charge is 2.22. The molecule has 0 aliphatic rings. The van der Waals surface area contributed by atoms with E-state index >= 15 is 0 Å². The first-order chi connectivity index (χ1) is 12.0. The Balaban J connectivity index is 0. The van der Waals surface area contributed by atoms with Gasteiger partial charge in [-0.2, -0.15) is 11.8 Å². The number of likely N-dealkylation sites (N-methyl/N-ethyl adjacent to an activating group) is 1. The van der Waals surface area contributed by atoms with E-state index in [1.165, 1.54) is 6.92 Å². The van der Waals surface area contributed by atoms with Crippen molar-refractivity contribution in [2.24, 2.45) is 0 Å². The lowest BCUT2D eigenvalue weighted by Gasteiger charge is -2.24. The quantitative estimate of drug-likeness (QED) is 0.763. The molecule has 1 aromatic rings. The molecule has 1 aromatic heterocycles. The van der Waals surface area contributed by atoms with Crippen LogP contribution in [-0.2, 0) is 16.0 Å². The second kappa shape index (κ2) is 17.3. The summed E-state index contributed by atoms with van der Waals surface area (Å²) in [6.07, 6.45) is 5.09. The summed E-state index contributed by atoms with van der Waals surface area (Å²) in [7, 11) is 1.76. The Morgan fingerprint density at radius 1 is 1.24 bits per heavy atom. The molecule has 5 nitrogen and oxygen atoms in total. The standard InChI is InChI=1S/C15H23N3O2S.2C2H6/c1-12(19)17-14(8-11-21-3)15(20)18(2)10-7-13-6-4-5-9-16-13;2*1-2/h4-6,9,14H,7-8,10-11H2,1-3H3,(H,17,19);2*1-2H3. The van der Waals surface area contributed by atoms with Gasteiger partial charge in [0.25, 0.3) is 0 Å². The topological polar surface area (TPSA) is 62.3 Å². The van der Waals surface area contributed by atoms with Gasteiger partial charge in [0.1, 0.15) is 6.04 Å². The molecular weight excluding hydrogens is 334 g/mol. The Bertz CT molecular complexity index is 455. The molecule has 0 fully saturated rings. The van der Waals surface area contributed by atoms with Crippen molar-refractivity contribution in [2.45, 2.75) is 53.5 Å². The van der Waals surface area contributed by atoms with E-state index in [9.17, 15) is 9.59 Å². The van der Waals surface area contributed by atoms with Crippen LogP contribution in [0, 0.1) is 0 Å². The molecular formula is C19H35N3O2S. The van der Waals surface area contributed by atoms with E-state index in [0.717, 1.165) is 11.4 Å². The molecule has 6 heteroatoms. The normalized spacial score (nSPS) is 10.4. The van der Waals surface area contributed by atoms with E-state index in [2.05, 4.69) is 10.3 Å². The number of thioether (sulfide) groups is 1. The smallest absolute Gasteiger partial charge is 0.244 e. The Morgan fingerprint density at radius 3 is 2.36 bits per heavy atom. The van der Waals surface area contributed by atoms with Crippen LogP contribution in [0.1, 0.15) is 46.7 Å². The highest BCUT2D eigenvalue weighted by Crippen LogP contribution is 2.05. The van der Waals surface area contributed by atoms with Crippen LogP contribution in [0.2, 0.25) is 0 Å². The second-order valence-electron chi connectivity index (χ2n) is 4.87. The Hall–Kier alpha value is -1.56. The van der Waals surface area contributed by atoms with Crippen LogP contribution in [0.4, 0.5) is 0 Å². The lowest BCUT2D eigenvalue weighted by atomic mass is 10.2. The van der Waals surface area contributed by atoms with Crippen molar-refractivity contribution in [2.75, 3.05) is 25.6 Å².